The van der Waals surface area contributed by atoms with Crippen LogP contribution in [0, 0.1) is 13.8 Å². The van der Waals surface area contributed by atoms with Crippen molar-refractivity contribution < 1.29 is 19.7 Å². The monoisotopic (exact) mass is 302 g/mol. The largest absolute Gasteiger partial charge is 0.507 e. The number of aryl methyl sites for hydroxylation is 2. The lowest BCUT2D eigenvalue weighted by Gasteiger charge is -2.15. The molecule has 0 heterocycles. The summed E-state index contributed by atoms with van der Waals surface area (Å²) < 4.78 is 11.1. The van der Waals surface area contributed by atoms with Gasteiger partial charge in [0.15, 0.2) is 0 Å². The van der Waals surface area contributed by atoms with Crippen molar-refractivity contribution in [1.82, 2.24) is 0 Å². The van der Waals surface area contributed by atoms with Crippen LogP contribution in [0.15, 0.2) is 24.3 Å². The highest BCUT2D eigenvalue weighted by atomic mass is 16.5. The predicted octanol–water partition coefficient (Wildman–Crippen LogP) is 4.18. The van der Waals surface area contributed by atoms with E-state index in [4.69, 9.17) is 9.47 Å². The third kappa shape index (κ3) is 3.11. The molecule has 0 unspecified atom stereocenters. The maximum Gasteiger partial charge on any atom is 0.124 e. The van der Waals surface area contributed by atoms with E-state index in [-0.39, 0.29) is 11.5 Å². The maximum atomic E-state index is 10.2. The lowest BCUT2D eigenvalue weighted by molar-refractivity contribution is 0.336. The highest BCUT2D eigenvalue weighted by Gasteiger charge is 2.15. The summed E-state index contributed by atoms with van der Waals surface area (Å²) in [7, 11) is 0. The van der Waals surface area contributed by atoms with E-state index in [1.807, 2.05) is 27.7 Å². The van der Waals surface area contributed by atoms with Crippen LogP contribution in [-0.4, -0.2) is 23.4 Å². The fourth-order valence-corrected chi connectivity index (χ4v) is 2.40. The van der Waals surface area contributed by atoms with Crippen molar-refractivity contribution in [2.24, 2.45) is 0 Å². The summed E-state index contributed by atoms with van der Waals surface area (Å²) in [4.78, 5) is 0. The minimum atomic E-state index is 0.0996. The van der Waals surface area contributed by atoms with Gasteiger partial charge in [-0.25, -0.2) is 0 Å². The van der Waals surface area contributed by atoms with E-state index < -0.39 is 0 Å². The zero-order chi connectivity index (χ0) is 16.3. The summed E-state index contributed by atoms with van der Waals surface area (Å²) in [6.07, 6.45) is 0. The highest BCUT2D eigenvalue weighted by molar-refractivity contribution is 5.79. The molecule has 0 saturated heterocycles. The van der Waals surface area contributed by atoms with E-state index in [1.165, 1.54) is 0 Å². The average molecular weight is 302 g/mol. The Morgan fingerprint density at radius 2 is 1.09 bits per heavy atom. The first-order chi connectivity index (χ1) is 10.5. The van der Waals surface area contributed by atoms with Gasteiger partial charge in [-0.1, -0.05) is 0 Å². The van der Waals surface area contributed by atoms with Crippen molar-refractivity contribution in [1.29, 1.82) is 0 Å². The smallest absolute Gasteiger partial charge is 0.124 e. The van der Waals surface area contributed by atoms with Crippen molar-refractivity contribution in [3.8, 4) is 34.1 Å². The Morgan fingerprint density at radius 3 is 1.41 bits per heavy atom. The van der Waals surface area contributed by atoms with Crippen molar-refractivity contribution in [3.63, 3.8) is 0 Å². The molecule has 22 heavy (non-hydrogen) atoms. The van der Waals surface area contributed by atoms with Crippen molar-refractivity contribution in [2.45, 2.75) is 27.7 Å². The lowest BCUT2D eigenvalue weighted by Crippen LogP contribution is -1.97. The zero-order valence-electron chi connectivity index (χ0n) is 13.4. The summed E-state index contributed by atoms with van der Waals surface area (Å²) >= 11 is 0. The van der Waals surface area contributed by atoms with Gasteiger partial charge in [0.05, 0.1) is 13.2 Å². The van der Waals surface area contributed by atoms with Crippen molar-refractivity contribution in [2.75, 3.05) is 13.2 Å². The van der Waals surface area contributed by atoms with Gasteiger partial charge in [-0.05, 0) is 63.1 Å². The number of phenols is 2. The molecule has 0 bridgehead atoms. The first kappa shape index (κ1) is 16.0. The van der Waals surface area contributed by atoms with Gasteiger partial charge in [-0.15, -0.1) is 0 Å². The van der Waals surface area contributed by atoms with Crippen LogP contribution in [0.5, 0.6) is 23.0 Å². The SMILES string of the molecule is CCOc1cc(-c2cc(OCC)c(C)cc2O)c(O)cc1C. The van der Waals surface area contributed by atoms with Crippen LogP contribution >= 0.6 is 0 Å². The second-order valence-electron chi connectivity index (χ2n) is 5.14. The summed E-state index contributed by atoms with van der Waals surface area (Å²) in [5, 5.41) is 20.5. The summed E-state index contributed by atoms with van der Waals surface area (Å²) in [5.74, 6) is 1.58. The average Bonchev–Trinajstić information content (AvgIpc) is 2.45. The van der Waals surface area contributed by atoms with Gasteiger partial charge in [0.1, 0.15) is 23.0 Å². The Kier molecular flexibility index (Phi) is 4.81. The van der Waals surface area contributed by atoms with E-state index in [0.717, 1.165) is 11.1 Å². The van der Waals surface area contributed by atoms with Crippen LogP contribution < -0.4 is 9.47 Å². The van der Waals surface area contributed by atoms with Crippen LogP contribution in [-0.2, 0) is 0 Å². The minimum absolute atomic E-state index is 0.0996. The number of ether oxygens (including phenoxy) is 2. The Balaban J connectivity index is 2.60. The molecule has 2 aromatic rings. The molecule has 0 fully saturated rings. The van der Waals surface area contributed by atoms with Gasteiger partial charge in [-0.2, -0.15) is 0 Å². The van der Waals surface area contributed by atoms with Crippen LogP contribution in [0.3, 0.4) is 0 Å². The van der Waals surface area contributed by atoms with Crippen LogP contribution in [0.1, 0.15) is 25.0 Å². The molecule has 118 valence electrons. The van der Waals surface area contributed by atoms with Gasteiger partial charge in [0.25, 0.3) is 0 Å². The Bertz CT molecular complexity index is 618. The fourth-order valence-electron chi connectivity index (χ4n) is 2.40. The molecule has 4 heteroatoms. The molecule has 0 aromatic heterocycles. The number of benzene rings is 2. The Morgan fingerprint density at radius 1 is 0.727 bits per heavy atom. The molecule has 0 aliphatic carbocycles. The standard InChI is InChI=1S/C18H22O4/c1-5-21-17-9-13(15(19)7-11(17)3)14-10-18(22-6-2)12(4)8-16(14)20/h7-10,19-20H,5-6H2,1-4H3. The first-order valence-corrected chi connectivity index (χ1v) is 7.41. The summed E-state index contributed by atoms with van der Waals surface area (Å²) in [6.45, 7) is 8.62. The van der Waals surface area contributed by atoms with E-state index in [2.05, 4.69) is 0 Å². The van der Waals surface area contributed by atoms with Crippen molar-refractivity contribution >= 4 is 0 Å². The molecule has 4 nitrogen and oxygen atoms in total. The molecule has 0 radical (unpaired) electrons. The molecule has 0 amide bonds. The van der Waals surface area contributed by atoms with E-state index in [1.54, 1.807) is 24.3 Å². The number of aromatic hydroxyl groups is 2. The molecule has 2 N–H and O–H groups in total. The third-order valence-corrected chi connectivity index (χ3v) is 3.48. The third-order valence-electron chi connectivity index (χ3n) is 3.48. The van der Waals surface area contributed by atoms with Crippen molar-refractivity contribution in [3.05, 3.63) is 35.4 Å². The Hall–Kier alpha value is -2.36. The Labute approximate surface area is 130 Å². The number of hydrogen-bond acceptors (Lipinski definition) is 4. The van der Waals surface area contributed by atoms with E-state index in [9.17, 15) is 10.2 Å². The number of phenolic OH excluding ortho intramolecular Hbond substituents is 2. The lowest BCUT2D eigenvalue weighted by atomic mass is 9.99. The van der Waals surface area contributed by atoms with Gasteiger partial charge in [0.2, 0.25) is 0 Å². The van der Waals surface area contributed by atoms with Crippen LogP contribution in [0.25, 0.3) is 11.1 Å². The van der Waals surface area contributed by atoms with Crippen LogP contribution in [0.2, 0.25) is 0 Å². The first-order valence-electron chi connectivity index (χ1n) is 7.41. The molecule has 0 aliphatic rings. The van der Waals surface area contributed by atoms with Gasteiger partial charge < -0.3 is 19.7 Å². The van der Waals surface area contributed by atoms with Gasteiger partial charge in [0, 0.05) is 11.1 Å². The van der Waals surface area contributed by atoms with E-state index >= 15 is 0 Å². The molecular weight excluding hydrogens is 280 g/mol. The molecule has 0 saturated carbocycles. The van der Waals surface area contributed by atoms with Gasteiger partial charge in [-0.3, -0.25) is 0 Å². The summed E-state index contributed by atoms with van der Waals surface area (Å²) in [6, 6.07) is 6.77. The molecule has 0 atom stereocenters. The molecule has 0 spiro atoms. The number of rotatable bonds is 5. The molecular formula is C18H22O4. The van der Waals surface area contributed by atoms with E-state index in [0.29, 0.717) is 35.8 Å². The quantitative estimate of drug-likeness (QED) is 0.870. The fraction of sp³-hybridized carbons (Fsp3) is 0.333. The number of hydrogen-bond donors (Lipinski definition) is 2. The highest BCUT2D eigenvalue weighted by Crippen LogP contribution is 2.42. The second kappa shape index (κ2) is 6.60. The second-order valence-corrected chi connectivity index (χ2v) is 5.14. The molecule has 2 rings (SSSR count). The topological polar surface area (TPSA) is 58.9 Å². The summed E-state index contributed by atoms with van der Waals surface area (Å²) in [5.41, 5.74) is 2.74. The maximum absolute atomic E-state index is 10.2. The normalized spacial score (nSPS) is 10.5. The zero-order valence-corrected chi connectivity index (χ0v) is 13.4. The molecule has 2 aromatic carbocycles. The minimum Gasteiger partial charge on any atom is -0.507 e. The predicted molar refractivity (Wildman–Crippen MR) is 87.0 cm³/mol. The van der Waals surface area contributed by atoms with Gasteiger partial charge >= 0.3 is 0 Å². The van der Waals surface area contributed by atoms with Crippen LogP contribution in [0.4, 0.5) is 0 Å². The molecule has 0 aliphatic heterocycles.